The number of aryl methyl sites for hydroxylation is 1. The van der Waals surface area contributed by atoms with E-state index >= 15 is 0 Å². The van der Waals surface area contributed by atoms with Crippen LogP contribution in [0.15, 0.2) is 36.4 Å². The van der Waals surface area contributed by atoms with Crippen LogP contribution in [0.1, 0.15) is 5.56 Å². The molecule has 2 rings (SSSR count). The molecule has 0 N–H and O–H groups in total. The summed E-state index contributed by atoms with van der Waals surface area (Å²) in [5, 5.41) is 2.46. The van der Waals surface area contributed by atoms with Gasteiger partial charge in [-0.15, -0.1) is 5.73 Å². The first-order valence-electron chi connectivity index (χ1n) is 4.07. The lowest BCUT2D eigenvalue weighted by Crippen LogP contribution is -2.25. The Balaban J connectivity index is 3.02. The standard InChI is InChI=1S/C12H10/c1-10-6-5-8-11-7-3-2-4-9-12(10)11/h2-6,8-9H,1H3. The van der Waals surface area contributed by atoms with Crippen molar-refractivity contribution in [1.82, 2.24) is 0 Å². The second kappa shape index (κ2) is 2.84. The predicted octanol–water partition coefficient (Wildman–Crippen LogP) is 1.28. The van der Waals surface area contributed by atoms with E-state index in [0.717, 1.165) is 0 Å². The summed E-state index contributed by atoms with van der Waals surface area (Å²) in [6, 6.07) is 6.27. The number of hydrogen-bond donors (Lipinski definition) is 0. The lowest BCUT2D eigenvalue weighted by molar-refractivity contribution is 1.37. The van der Waals surface area contributed by atoms with Gasteiger partial charge in [-0.25, -0.2) is 0 Å². The van der Waals surface area contributed by atoms with Crippen LogP contribution in [0.4, 0.5) is 0 Å². The van der Waals surface area contributed by atoms with Crippen molar-refractivity contribution in [2.24, 2.45) is 0 Å². The van der Waals surface area contributed by atoms with Crippen molar-refractivity contribution in [3.8, 4) is 0 Å². The van der Waals surface area contributed by atoms with E-state index in [-0.39, 0.29) is 0 Å². The van der Waals surface area contributed by atoms with Crippen molar-refractivity contribution in [2.45, 2.75) is 6.92 Å². The number of rotatable bonds is 0. The molecule has 0 saturated heterocycles. The Hall–Kier alpha value is -1.52. The molecule has 1 aromatic carbocycles. The molecule has 1 aromatic rings. The molecule has 0 heteroatoms. The van der Waals surface area contributed by atoms with Gasteiger partial charge in [-0.3, -0.25) is 0 Å². The van der Waals surface area contributed by atoms with Crippen molar-refractivity contribution < 1.29 is 0 Å². The molecule has 0 bridgehead atoms. The van der Waals surface area contributed by atoms with Crippen LogP contribution in [-0.2, 0) is 0 Å². The molecular formula is C12H10. The number of allylic oxidation sites excluding steroid dienone is 3. The third-order valence-corrected chi connectivity index (χ3v) is 2.03. The van der Waals surface area contributed by atoms with Crippen LogP contribution in [-0.4, -0.2) is 0 Å². The van der Waals surface area contributed by atoms with Crippen molar-refractivity contribution in [2.75, 3.05) is 0 Å². The van der Waals surface area contributed by atoms with Crippen molar-refractivity contribution in [3.63, 3.8) is 0 Å². The molecule has 0 amide bonds. The van der Waals surface area contributed by atoms with Gasteiger partial charge < -0.3 is 0 Å². The van der Waals surface area contributed by atoms with Crippen LogP contribution in [0, 0.1) is 6.92 Å². The summed E-state index contributed by atoms with van der Waals surface area (Å²) in [6.07, 6.45) is 8.12. The van der Waals surface area contributed by atoms with Gasteiger partial charge in [-0.1, -0.05) is 30.4 Å². The molecule has 0 unspecified atom stereocenters. The Labute approximate surface area is 71.9 Å². The Kier molecular flexibility index (Phi) is 1.69. The van der Waals surface area contributed by atoms with Crippen molar-refractivity contribution in [3.05, 3.63) is 52.4 Å². The van der Waals surface area contributed by atoms with Crippen LogP contribution in [0.3, 0.4) is 0 Å². The second-order valence-corrected chi connectivity index (χ2v) is 2.90. The summed E-state index contributed by atoms with van der Waals surface area (Å²) in [6.45, 7) is 2.12. The highest BCUT2D eigenvalue weighted by molar-refractivity contribution is 5.46. The van der Waals surface area contributed by atoms with Crippen LogP contribution < -0.4 is 10.4 Å². The summed E-state index contributed by atoms with van der Waals surface area (Å²) >= 11 is 0. The first kappa shape index (κ1) is 7.15. The highest BCUT2D eigenvalue weighted by Crippen LogP contribution is 1.86. The van der Waals surface area contributed by atoms with Crippen LogP contribution >= 0.6 is 0 Å². The minimum Gasteiger partial charge on any atom is -0.112 e. The summed E-state index contributed by atoms with van der Waals surface area (Å²) in [4.78, 5) is 0. The average Bonchev–Trinajstić information content (AvgIpc) is 2.30. The molecule has 0 spiro atoms. The normalized spacial score (nSPS) is 12.8. The van der Waals surface area contributed by atoms with Gasteiger partial charge in [-0.05, 0) is 29.8 Å². The summed E-state index contributed by atoms with van der Waals surface area (Å²) in [5.74, 6) is 0. The zero-order chi connectivity index (χ0) is 8.39. The highest BCUT2D eigenvalue weighted by atomic mass is 13.9. The van der Waals surface area contributed by atoms with Crippen LogP contribution in [0.25, 0.3) is 11.8 Å². The minimum absolute atomic E-state index is 1.18. The average molecular weight is 154 g/mol. The summed E-state index contributed by atoms with van der Waals surface area (Å²) < 4.78 is 0. The molecular weight excluding hydrogens is 144 g/mol. The van der Waals surface area contributed by atoms with E-state index in [4.69, 9.17) is 0 Å². The maximum Gasteiger partial charge on any atom is 0.0239 e. The topological polar surface area (TPSA) is 0 Å². The van der Waals surface area contributed by atoms with Crippen molar-refractivity contribution in [1.29, 1.82) is 0 Å². The van der Waals surface area contributed by atoms with E-state index in [9.17, 15) is 0 Å². The van der Waals surface area contributed by atoms with E-state index < -0.39 is 0 Å². The quantitative estimate of drug-likeness (QED) is 0.528. The fraction of sp³-hybridized carbons (Fsp3) is 0.0833. The molecule has 0 radical (unpaired) electrons. The molecule has 1 aliphatic carbocycles. The maximum absolute atomic E-state index is 3.22. The smallest absolute Gasteiger partial charge is 0.0239 e. The molecule has 0 saturated carbocycles. The lowest BCUT2D eigenvalue weighted by Gasteiger charge is -1.91. The zero-order valence-electron chi connectivity index (χ0n) is 7.04. The molecule has 1 aliphatic rings. The molecule has 0 heterocycles. The van der Waals surface area contributed by atoms with Crippen molar-refractivity contribution >= 4 is 11.8 Å². The number of fused-ring (bicyclic) bond motifs is 1. The largest absolute Gasteiger partial charge is 0.112 e. The second-order valence-electron chi connectivity index (χ2n) is 2.90. The van der Waals surface area contributed by atoms with E-state index in [0.29, 0.717) is 0 Å². The van der Waals surface area contributed by atoms with Gasteiger partial charge in [0.15, 0.2) is 0 Å². The van der Waals surface area contributed by atoms with Gasteiger partial charge in [-0.2, -0.15) is 0 Å². The fourth-order valence-corrected chi connectivity index (χ4v) is 1.37. The molecule has 0 fully saturated rings. The predicted molar refractivity (Wildman–Crippen MR) is 52.0 cm³/mol. The molecule has 0 aromatic heterocycles. The Bertz CT molecular complexity index is 469. The molecule has 12 heavy (non-hydrogen) atoms. The highest BCUT2D eigenvalue weighted by Gasteiger charge is 1.88. The van der Waals surface area contributed by atoms with Gasteiger partial charge in [0.1, 0.15) is 0 Å². The first-order valence-corrected chi connectivity index (χ1v) is 4.07. The molecule has 0 nitrogen and oxygen atoms in total. The zero-order valence-corrected chi connectivity index (χ0v) is 7.04. The van der Waals surface area contributed by atoms with E-state index in [1.54, 1.807) is 0 Å². The fourth-order valence-electron chi connectivity index (χ4n) is 1.37. The van der Waals surface area contributed by atoms with Crippen LogP contribution in [0.2, 0.25) is 0 Å². The Morgan fingerprint density at radius 2 is 2.08 bits per heavy atom. The molecule has 0 atom stereocenters. The van der Waals surface area contributed by atoms with E-state index in [1.165, 1.54) is 16.0 Å². The van der Waals surface area contributed by atoms with Gasteiger partial charge in [0.05, 0.1) is 0 Å². The first-order chi connectivity index (χ1) is 5.88. The van der Waals surface area contributed by atoms with Crippen LogP contribution in [0.5, 0.6) is 0 Å². The number of benzene rings is 1. The Morgan fingerprint density at radius 3 is 3.00 bits per heavy atom. The van der Waals surface area contributed by atoms with Gasteiger partial charge in [0.2, 0.25) is 0 Å². The van der Waals surface area contributed by atoms with Gasteiger partial charge in [0, 0.05) is 5.22 Å². The van der Waals surface area contributed by atoms with E-state index in [1.807, 2.05) is 18.2 Å². The minimum atomic E-state index is 1.18. The Morgan fingerprint density at radius 1 is 1.17 bits per heavy atom. The van der Waals surface area contributed by atoms with Gasteiger partial charge in [0.25, 0.3) is 0 Å². The molecule has 58 valence electrons. The molecule has 0 aliphatic heterocycles. The summed E-state index contributed by atoms with van der Waals surface area (Å²) in [7, 11) is 0. The third kappa shape index (κ3) is 1.13. The van der Waals surface area contributed by atoms with Gasteiger partial charge >= 0.3 is 0 Å². The SMILES string of the molecule is Cc1cccc2c1=CC=CC=C=2. The van der Waals surface area contributed by atoms with E-state index in [2.05, 4.69) is 36.9 Å². The maximum atomic E-state index is 3.22. The summed E-state index contributed by atoms with van der Waals surface area (Å²) in [5.41, 5.74) is 4.53. The monoisotopic (exact) mass is 154 g/mol. The third-order valence-electron chi connectivity index (χ3n) is 2.03. The number of hydrogen-bond acceptors (Lipinski definition) is 0. The lowest BCUT2D eigenvalue weighted by atomic mass is 10.1.